The Morgan fingerprint density at radius 3 is 2.68 bits per heavy atom. The van der Waals surface area contributed by atoms with Gasteiger partial charge in [-0.15, -0.1) is 12.4 Å². The van der Waals surface area contributed by atoms with E-state index in [0.717, 1.165) is 67.7 Å². The molecular formula is C23H31ClN4O3. The van der Waals surface area contributed by atoms with Crippen LogP contribution in [0, 0.1) is 0 Å². The van der Waals surface area contributed by atoms with Crippen LogP contribution < -0.4 is 10.9 Å². The van der Waals surface area contributed by atoms with E-state index in [1.165, 1.54) is 19.3 Å². The van der Waals surface area contributed by atoms with Gasteiger partial charge in [0, 0.05) is 23.4 Å². The number of hydrogen-bond acceptors (Lipinski definition) is 5. The molecule has 1 aromatic heterocycles. The number of halogens is 1. The molecule has 1 fully saturated rings. The minimum atomic E-state index is -0.165. The number of nitrogens with one attached hydrogen (secondary N) is 2. The van der Waals surface area contributed by atoms with E-state index in [2.05, 4.69) is 20.4 Å². The van der Waals surface area contributed by atoms with Gasteiger partial charge in [-0.05, 0) is 69.3 Å². The summed E-state index contributed by atoms with van der Waals surface area (Å²) in [4.78, 5) is 26.8. The van der Waals surface area contributed by atoms with Crippen LogP contribution in [0.2, 0.25) is 0 Å². The molecule has 2 aromatic rings. The van der Waals surface area contributed by atoms with E-state index >= 15 is 0 Å². The Hall–Kier alpha value is -2.22. The predicted molar refractivity (Wildman–Crippen MR) is 124 cm³/mol. The number of carbonyl (C=O) groups is 1. The smallest absolute Gasteiger partial charge is 0.267 e. The van der Waals surface area contributed by atoms with Gasteiger partial charge in [0.1, 0.15) is 6.61 Å². The van der Waals surface area contributed by atoms with Gasteiger partial charge in [-0.1, -0.05) is 18.6 Å². The lowest BCUT2D eigenvalue weighted by atomic mass is 9.90. The lowest BCUT2D eigenvalue weighted by molar-refractivity contribution is -0.120. The van der Waals surface area contributed by atoms with Gasteiger partial charge in [0.25, 0.3) is 5.56 Å². The molecule has 1 saturated heterocycles. The Morgan fingerprint density at radius 2 is 1.87 bits per heavy atom. The number of carbonyl (C=O) groups excluding carboxylic acids is 1. The van der Waals surface area contributed by atoms with Crippen molar-refractivity contribution >= 4 is 24.0 Å². The summed E-state index contributed by atoms with van der Waals surface area (Å²) in [7, 11) is 0. The lowest BCUT2D eigenvalue weighted by Gasteiger charge is -2.26. The van der Waals surface area contributed by atoms with Gasteiger partial charge in [-0.3, -0.25) is 9.59 Å². The van der Waals surface area contributed by atoms with Crippen LogP contribution in [0.4, 0.5) is 5.69 Å². The highest BCUT2D eigenvalue weighted by molar-refractivity contribution is 5.92. The van der Waals surface area contributed by atoms with Crippen molar-refractivity contribution in [1.82, 2.24) is 15.1 Å². The molecule has 2 aliphatic rings. The fraction of sp³-hybridized carbons (Fsp3) is 0.522. The average Bonchev–Trinajstić information content (AvgIpc) is 2.78. The number of fused-ring (bicyclic) bond motifs is 1. The van der Waals surface area contributed by atoms with Crippen molar-refractivity contribution in [3.05, 3.63) is 45.7 Å². The molecule has 2 heterocycles. The summed E-state index contributed by atoms with van der Waals surface area (Å²) in [5.74, 6) is -0.165. The Bertz CT molecular complexity index is 941. The summed E-state index contributed by atoms with van der Waals surface area (Å²) in [5, 5.41) is 9.84. The van der Waals surface area contributed by atoms with Gasteiger partial charge < -0.3 is 15.0 Å². The standard InChI is InChI=1S/C23H30N4O3.ClH/c28-21(16-30-14-13-27-11-4-1-5-12-27)24-18-8-6-7-17(15-18)22-19-9-2-3-10-20(19)23(29)26-25-22;/h6-8,15H,1-5,9-14,16H2,(H,24,28)(H,26,29);1H. The van der Waals surface area contributed by atoms with E-state index in [-0.39, 0.29) is 30.5 Å². The van der Waals surface area contributed by atoms with Gasteiger partial charge in [0.15, 0.2) is 0 Å². The number of ether oxygens (including phenoxy) is 1. The largest absolute Gasteiger partial charge is 0.370 e. The number of amides is 1. The van der Waals surface area contributed by atoms with Crippen LogP contribution in [-0.2, 0) is 22.4 Å². The third-order valence-corrected chi connectivity index (χ3v) is 5.95. The van der Waals surface area contributed by atoms with Crippen LogP contribution in [-0.4, -0.2) is 53.9 Å². The number of rotatable bonds is 7. The molecule has 1 amide bonds. The zero-order valence-electron chi connectivity index (χ0n) is 17.8. The molecule has 1 aliphatic carbocycles. The molecule has 1 aromatic carbocycles. The molecule has 31 heavy (non-hydrogen) atoms. The number of nitrogens with zero attached hydrogens (tertiary/aromatic N) is 2. The Balaban J connectivity index is 0.00000272. The number of aromatic amines is 1. The second-order valence-electron chi connectivity index (χ2n) is 8.15. The maximum Gasteiger partial charge on any atom is 0.267 e. The monoisotopic (exact) mass is 446 g/mol. The third kappa shape index (κ3) is 6.15. The van der Waals surface area contributed by atoms with E-state index in [4.69, 9.17) is 4.74 Å². The van der Waals surface area contributed by atoms with Crippen molar-refractivity contribution < 1.29 is 9.53 Å². The number of hydrogen-bond donors (Lipinski definition) is 2. The number of piperidine rings is 1. The van der Waals surface area contributed by atoms with E-state index in [1.807, 2.05) is 24.3 Å². The van der Waals surface area contributed by atoms with Crippen molar-refractivity contribution in [3.8, 4) is 11.3 Å². The van der Waals surface area contributed by atoms with Gasteiger partial charge in [0.05, 0.1) is 12.3 Å². The van der Waals surface area contributed by atoms with E-state index in [1.54, 1.807) is 0 Å². The summed E-state index contributed by atoms with van der Waals surface area (Å²) in [6.45, 7) is 3.76. The first kappa shape index (κ1) is 23.4. The van der Waals surface area contributed by atoms with Crippen LogP contribution in [0.1, 0.15) is 43.2 Å². The van der Waals surface area contributed by atoms with Crippen molar-refractivity contribution in [3.63, 3.8) is 0 Å². The molecule has 8 heteroatoms. The molecule has 1 aliphatic heterocycles. The third-order valence-electron chi connectivity index (χ3n) is 5.95. The predicted octanol–water partition coefficient (Wildman–Crippen LogP) is 3.18. The van der Waals surface area contributed by atoms with Gasteiger partial charge in [0.2, 0.25) is 5.91 Å². The first-order chi connectivity index (χ1) is 14.7. The lowest BCUT2D eigenvalue weighted by Crippen LogP contribution is -2.33. The number of likely N-dealkylation sites (tertiary alicyclic amines) is 1. The van der Waals surface area contributed by atoms with Crippen molar-refractivity contribution in [2.24, 2.45) is 0 Å². The second kappa shape index (κ2) is 11.4. The van der Waals surface area contributed by atoms with E-state index in [9.17, 15) is 9.59 Å². The Labute approximate surface area is 189 Å². The molecule has 168 valence electrons. The molecule has 0 unspecified atom stereocenters. The average molecular weight is 447 g/mol. The topological polar surface area (TPSA) is 87.3 Å². The molecule has 7 nitrogen and oxygen atoms in total. The van der Waals surface area contributed by atoms with E-state index in [0.29, 0.717) is 12.3 Å². The maximum atomic E-state index is 12.3. The van der Waals surface area contributed by atoms with Crippen LogP contribution in [0.5, 0.6) is 0 Å². The highest BCUT2D eigenvalue weighted by Crippen LogP contribution is 2.29. The SMILES string of the molecule is Cl.O=C(COCCN1CCCCC1)Nc1cccc(-c2n[nH]c(=O)c3c2CCCC3)c1. The first-order valence-electron chi connectivity index (χ1n) is 11.0. The number of H-pyrrole nitrogens is 1. The Morgan fingerprint density at radius 1 is 1.10 bits per heavy atom. The maximum absolute atomic E-state index is 12.3. The summed E-state index contributed by atoms with van der Waals surface area (Å²) in [6.07, 6.45) is 7.59. The molecule has 0 bridgehead atoms. The molecule has 2 N–H and O–H groups in total. The first-order valence-corrected chi connectivity index (χ1v) is 11.0. The van der Waals surface area contributed by atoms with Crippen LogP contribution in [0.25, 0.3) is 11.3 Å². The second-order valence-corrected chi connectivity index (χ2v) is 8.15. The highest BCUT2D eigenvalue weighted by atomic mass is 35.5. The van der Waals surface area contributed by atoms with Crippen molar-refractivity contribution in [2.45, 2.75) is 44.9 Å². The van der Waals surface area contributed by atoms with Gasteiger partial charge in [-0.25, -0.2) is 5.10 Å². The normalized spacial score (nSPS) is 16.3. The van der Waals surface area contributed by atoms with Crippen molar-refractivity contribution in [2.75, 3.05) is 38.2 Å². The quantitative estimate of drug-likeness (QED) is 0.638. The zero-order valence-corrected chi connectivity index (χ0v) is 18.6. The van der Waals surface area contributed by atoms with Gasteiger partial charge >= 0.3 is 0 Å². The fourth-order valence-electron chi connectivity index (χ4n) is 4.38. The van der Waals surface area contributed by atoms with Crippen molar-refractivity contribution in [1.29, 1.82) is 0 Å². The van der Waals surface area contributed by atoms with E-state index < -0.39 is 0 Å². The van der Waals surface area contributed by atoms with Crippen LogP contribution in [0.3, 0.4) is 0 Å². The number of benzene rings is 1. The molecule has 0 spiro atoms. The molecular weight excluding hydrogens is 416 g/mol. The minimum absolute atomic E-state index is 0. The fourth-order valence-corrected chi connectivity index (χ4v) is 4.38. The number of aromatic nitrogens is 2. The Kier molecular flexibility index (Phi) is 8.63. The van der Waals surface area contributed by atoms with Crippen LogP contribution in [0.15, 0.2) is 29.1 Å². The summed E-state index contributed by atoms with van der Waals surface area (Å²) >= 11 is 0. The van der Waals surface area contributed by atoms with Crippen LogP contribution >= 0.6 is 12.4 Å². The number of anilines is 1. The zero-order chi connectivity index (χ0) is 20.8. The van der Waals surface area contributed by atoms with Gasteiger partial charge in [-0.2, -0.15) is 5.10 Å². The summed E-state index contributed by atoms with van der Waals surface area (Å²) < 4.78 is 5.57. The minimum Gasteiger partial charge on any atom is -0.370 e. The summed E-state index contributed by atoms with van der Waals surface area (Å²) in [6, 6.07) is 7.61. The highest BCUT2D eigenvalue weighted by Gasteiger charge is 2.19. The molecule has 0 radical (unpaired) electrons. The summed E-state index contributed by atoms with van der Waals surface area (Å²) in [5.41, 5.74) is 4.21. The molecule has 0 saturated carbocycles. The molecule has 4 rings (SSSR count). The molecule has 0 atom stereocenters.